The van der Waals surface area contributed by atoms with Gasteiger partial charge in [-0.2, -0.15) is 0 Å². The molecule has 0 aliphatic carbocycles. The minimum Gasteiger partial charge on any atom is -0.458 e. The predicted molar refractivity (Wildman–Crippen MR) is 89.2 cm³/mol. The summed E-state index contributed by atoms with van der Waals surface area (Å²) in [6.45, 7) is 6.64. The first-order valence-corrected chi connectivity index (χ1v) is 8.21. The molecule has 0 aromatic carbocycles. The second kappa shape index (κ2) is 8.26. The van der Waals surface area contributed by atoms with Gasteiger partial charge >= 0.3 is 11.9 Å². The lowest BCUT2D eigenvalue weighted by molar-refractivity contribution is -0.145. The van der Waals surface area contributed by atoms with Crippen LogP contribution in [0.5, 0.6) is 0 Å². The van der Waals surface area contributed by atoms with Gasteiger partial charge in [0.2, 0.25) is 0 Å². The van der Waals surface area contributed by atoms with E-state index in [9.17, 15) is 9.59 Å². The highest BCUT2D eigenvalue weighted by Crippen LogP contribution is 2.31. The van der Waals surface area contributed by atoms with Gasteiger partial charge in [-0.1, -0.05) is 18.2 Å². The molecule has 24 heavy (non-hydrogen) atoms. The first-order chi connectivity index (χ1) is 11.5. The molecule has 2 atom stereocenters. The Morgan fingerprint density at radius 3 is 2.71 bits per heavy atom. The van der Waals surface area contributed by atoms with E-state index in [1.54, 1.807) is 26.8 Å². The van der Waals surface area contributed by atoms with Crippen LogP contribution in [0.4, 0.5) is 0 Å². The summed E-state index contributed by atoms with van der Waals surface area (Å²) in [6.07, 6.45) is 5.84. The highest BCUT2D eigenvalue weighted by atomic mass is 16.5. The summed E-state index contributed by atoms with van der Waals surface area (Å²) in [7, 11) is 0. The van der Waals surface area contributed by atoms with Crippen molar-refractivity contribution in [1.82, 2.24) is 4.90 Å². The smallest absolute Gasteiger partial charge is 0.336 e. The highest BCUT2D eigenvalue weighted by Gasteiger charge is 2.42. The molecule has 0 unspecified atom stereocenters. The fourth-order valence-corrected chi connectivity index (χ4v) is 2.99. The molecule has 1 saturated heterocycles. The molecule has 0 spiro atoms. The summed E-state index contributed by atoms with van der Waals surface area (Å²) in [5.74, 6) is -0.820. The molecule has 2 aliphatic heterocycles. The standard InChI is InChI=1S/C18H25NO5/c1-4-12(3)17(21)24-15-7-9-19-8-6-14(16(15)19)11-23-18(22)13(5-2)10-20/h4-6,15-16,20H,7-11H2,1-3H3/b12-4+,13-5-/t15-,16-/m1/s1. The average Bonchev–Trinajstić information content (AvgIpc) is 3.16. The molecular formula is C18H25NO5. The minimum absolute atomic E-state index is 0.0328. The van der Waals surface area contributed by atoms with Gasteiger partial charge in [-0.05, 0) is 32.8 Å². The van der Waals surface area contributed by atoms with Crippen molar-refractivity contribution in [2.45, 2.75) is 39.3 Å². The SMILES string of the molecule is C/C=C(/CO)C(=O)OCC1=CCN2CC[C@@H](OC(=O)/C(C)=C/C)[C@@H]12. The topological polar surface area (TPSA) is 76.1 Å². The zero-order valence-electron chi connectivity index (χ0n) is 14.4. The minimum atomic E-state index is -0.518. The number of aliphatic hydroxyl groups excluding tert-OH is 1. The second-order valence-electron chi connectivity index (χ2n) is 5.97. The molecule has 1 fully saturated rings. The van der Waals surface area contributed by atoms with Crippen molar-refractivity contribution in [2.75, 3.05) is 26.3 Å². The number of nitrogens with zero attached hydrogens (tertiary/aromatic N) is 1. The van der Waals surface area contributed by atoms with Crippen molar-refractivity contribution >= 4 is 11.9 Å². The van der Waals surface area contributed by atoms with Gasteiger partial charge in [0.05, 0.1) is 18.2 Å². The van der Waals surface area contributed by atoms with Gasteiger partial charge in [0.15, 0.2) is 0 Å². The van der Waals surface area contributed by atoms with Crippen molar-refractivity contribution in [3.8, 4) is 0 Å². The van der Waals surface area contributed by atoms with Gasteiger partial charge in [0.1, 0.15) is 12.7 Å². The normalized spacial score (nSPS) is 24.6. The largest absolute Gasteiger partial charge is 0.458 e. The first-order valence-electron chi connectivity index (χ1n) is 8.21. The third-order valence-electron chi connectivity index (χ3n) is 4.58. The second-order valence-corrected chi connectivity index (χ2v) is 5.97. The highest BCUT2D eigenvalue weighted by molar-refractivity contribution is 5.88. The van der Waals surface area contributed by atoms with Crippen molar-refractivity contribution in [3.05, 3.63) is 34.9 Å². The lowest BCUT2D eigenvalue weighted by Gasteiger charge is -2.24. The maximum absolute atomic E-state index is 12.0. The van der Waals surface area contributed by atoms with Crippen LogP contribution in [0, 0.1) is 0 Å². The third-order valence-corrected chi connectivity index (χ3v) is 4.58. The maximum atomic E-state index is 12.0. The number of hydrogen-bond donors (Lipinski definition) is 1. The van der Waals surface area contributed by atoms with E-state index in [1.165, 1.54) is 6.08 Å². The van der Waals surface area contributed by atoms with Gasteiger partial charge < -0.3 is 14.6 Å². The number of aliphatic hydroxyl groups is 1. The van der Waals surface area contributed by atoms with Crippen LogP contribution in [0.25, 0.3) is 0 Å². The van der Waals surface area contributed by atoms with Crippen molar-refractivity contribution in [1.29, 1.82) is 0 Å². The van der Waals surface area contributed by atoms with Crippen LogP contribution in [0.2, 0.25) is 0 Å². The molecule has 0 aromatic rings. The molecule has 2 aliphatic rings. The number of rotatable bonds is 6. The summed E-state index contributed by atoms with van der Waals surface area (Å²) in [4.78, 5) is 26.1. The molecule has 132 valence electrons. The van der Waals surface area contributed by atoms with E-state index in [0.29, 0.717) is 5.57 Å². The average molecular weight is 335 g/mol. The predicted octanol–water partition coefficient (Wildman–Crippen LogP) is 1.36. The Labute approximate surface area is 142 Å². The Balaban J connectivity index is 1.97. The van der Waals surface area contributed by atoms with Crippen LogP contribution < -0.4 is 0 Å². The number of carbonyl (C=O) groups is 2. The molecule has 0 bridgehead atoms. The Bertz CT molecular complexity index is 590. The van der Waals surface area contributed by atoms with Gasteiger partial charge in [-0.25, -0.2) is 9.59 Å². The Hall–Kier alpha value is -1.92. The van der Waals surface area contributed by atoms with Gasteiger partial charge in [-0.3, -0.25) is 4.90 Å². The van der Waals surface area contributed by atoms with E-state index in [4.69, 9.17) is 14.6 Å². The van der Waals surface area contributed by atoms with Crippen LogP contribution in [-0.2, 0) is 19.1 Å². The van der Waals surface area contributed by atoms with Crippen molar-refractivity contribution < 1.29 is 24.2 Å². The monoisotopic (exact) mass is 335 g/mol. The molecule has 2 rings (SSSR count). The fourth-order valence-electron chi connectivity index (χ4n) is 2.99. The molecular weight excluding hydrogens is 310 g/mol. The van der Waals surface area contributed by atoms with Gasteiger partial charge in [0, 0.05) is 18.7 Å². The molecule has 0 amide bonds. The van der Waals surface area contributed by atoms with Crippen LogP contribution in [0.3, 0.4) is 0 Å². The van der Waals surface area contributed by atoms with E-state index in [1.807, 2.05) is 6.08 Å². The van der Waals surface area contributed by atoms with Crippen LogP contribution in [0.15, 0.2) is 34.9 Å². The van der Waals surface area contributed by atoms with E-state index in [-0.39, 0.29) is 36.9 Å². The Morgan fingerprint density at radius 1 is 1.33 bits per heavy atom. The number of ether oxygens (including phenoxy) is 2. The van der Waals surface area contributed by atoms with Crippen LogP contribution >= 0.6 is 0 Å². The van der Waals surface area contributed by atoms with Crippen molar-refractivity contribution in [3.63, 3.8) is 0 Å². The van der Waals surface area contributed by atoms with E-state index < -0.39 is 5.97 Å². The van der Waals surface area contributed by atoms with E-state index in [0.717, 1.165) is 25.1 Å². The lowest BCUT2D eigenvalue weighted by Crippen LogP contribution is -2.36. The lowest BCUT2D eigenvalue weighted by atomic mass is 10.0. The molecule has 6 heteroatoms. The summed E-state index contributed by atoms with van der Waals surface area (Å²) in [6, 6.07) is -0.0328. The molecule has 2 heterocycles. The fraction of sp³-hybridized carbons (Fsp3) is 0.556. The number of carbonyl (C=O) groups excluding carboxylic acids is 2. The number of esters is 2. The molecule has 0 saturated carbocycles. The van der Waals surface area contributed by atoms with E-state index in [2.05, 4.69) is 4.90 Å². The summed E-state index contributed by atoms with van der Waals surface area (Å²) < 4.78 is 10.9. The molecule has 1 N–H and O–H groups in total. The summed E-state index contributed by atoms with van der Waals surface area (Å²) in [5, 5.41) is 9.10. The summed E-state index contributed by atoms with van der Waals surface area (Å²) >= 11 is 0. The molecule has 6 nitrogen and oxygen atoms in total. The third kappa shape index (κ3) is 3.94. The molecule has 0 aromatic heterocycles. The maximum Gasteiger partial charge on any atom is 0.336 e. The first kappa shape index (κ1) is 18.4. The zero-order chi connectivity index (χ0) is 17.7. The number of hydrogen-bond acceptors (Lipinski definition) is 6. The van der Waals surface area contributed by atoms with Crippen molar-refractivity contribution in [2.24, 2.45) is 0 Å². The zero-order valence-corrected chi connectivity index (χ0v) is 14.4. The van der Waals surface area contributed by atoms with Crippen LogP contribution in [0.1, 0.15) is 27.2 Å². The quantitative estimate of drug-likeness (QED) is 0.449. The van der Waals surface area contributed by atoms with Crippen LogP contribution in [-0.4, -0.2) is 60.4 Å². The Kier molecular flexibility index (Phi) is 6.34. The molecule has 0 radical (unpaired) electrons. The van der Waals surface area contributed by atoms with Gasteiger partial charge in [0.25, 0.3) is 0 Å². The number of fused-ring (bicyclic) bond motifs is 1. The Morgan fingerprint density at radius 2 is 2.08 bits per heavy atom. The van der Waals surface area contributed by atoms with E-state index >= 15 is 0 Å². The number of allylic oxidation sites excluding steroid dienone is 2. The van der Waals surface area contributed by atoms with Gasteiger partial charge in [-0.15, -0.1) is 0 Å². The summed E-state index contributed by atoms with van der Waals surface area (Å²) in [5.41, 5.74) is 1.78.